The quantitative estimate of drug-likeness (QED) is 0.711. The standard InChI is InChI=1S/C23H25N3O2/c1-16-21(23(28)20-14-18(17(2)27)8-9-22(20)24-16)15-25-10-12-26(13-11-25)19-6-4-3-5-7-19/h3-9,14H,10-13,15H2,1-2H3,(H,24,28). The number of aromatic amines is 1. The molecule has 1 aromatic heterocycles. The molecule has 0 amide bonds. The van der Waals surface area contributed by atoms with E-state index in [1.54, 1.807) is 12.1 Å². The van der Waals surface area contributed by atoms with Gasteiger partial charge in [-0.3, -0.25) is 14.5 Å². The van der Waals surface area contributed by atoms with Crippen LogP contribution >= 0.6 is 0 Å². The van der Waals surface area contributed by atoms with Crippen molar-refractivity contribution in [3.63, 3.8) is 0 Å². The average Bonchev–Trinajstić information content (AvgIpc) is 2.72. The first kappa shape index (κ1) is 18.4. The van der Waals surface area contributed by atoms with Crippen molar-refractivity contribution in [2.75, 3.05) is 31.1 Å². The van der Waals surface area contributed by atoms with E-state index in [0.29, 0.717) is 17.5 Å². The summed E-state index contributed by atoms with van der Waals surface area (Å²) in [7, 11) is 0. The molecule has 2 heterocycles. The van der Waals surface area contributed by atoms with E-state index in [9.17, 15) is 9.59 Å². The molecule has 3 aromatic rings. The Hall–Kier alpha value is -2.92. The number of pyridine rings is 1. The highest BCUT2D eigenvalue weighted by Gasteiger charge is 2.20. The number of nitrogens with one attached hydrogen (secondary N) is 1. The molecule has 5 heteroatoms. The van der Waals surface area contributed by atoms with Gasteiger partial charge in [-0.05, 0) is 44.2 Å². The molecular weight excluding hydrogens is 350 g/mol. The highest BCUT2D eigenvalue weighted by atomic mass is 16.1. The second kappa shape index (κ2) is 7.60. The van der Waals surface area contributed by atoms with Gasteiger partial charge in [-0.1, -0.05) is 18.2 Å². The fourth-order valence-electron chi connectivity index (χ4n) is 3.89. The van der Waals surface area contributed by atoms with Gasteiger partial charge in [-0.15, -0.1) is 0 Å². The number of anilines is 1. The molecule has 0 aliphatic carbocycles. The number of rotatable bonds is 4. The number of H-pyrrole nitrogens is 1. The van der Waals surface area contributed by atoms with Crippen molar-refractivity contribution in [2.45, 2.75) is 20.4 Å². The van der Waals surface area contributed by atoms with E-state index in [2.05, 4.69) is 39.0 Å². The maximum Gasteiger partial charge on any atom is 0.194 e. The number of para-hydroxylation sites is 1. The van der Waals surface area contributed by atoms with Crippen LogP contribution in [0.2, 0.25) is 0 Å². The number of aromatic nitrogens is 1. The lowest BCUT2D eigenvalue weighted by atomic mass is 10.0. The summed E-state index contributed by atoms with van der Waals surface area (Å²) in [6.45, 7) is 7.83. The molecule has 4 rings (SSSR count). The summed E-state index contributed by atoms with van der Waals surface area (Å²) in [5.74, 6) is -0.0274. The molecule has 0 radical (unpaired) electrons. The Bertz CT molecular complexity index is 1060. The molecule has 28 heavy (non-hydrogen) atoms. The minimum Gasteiger partial charge on any atom is -0.369 e. The number of Topliss-reactive ketones (excluding diaryl/α,β-unsaturated/α-hetero) is 1. The zero-order chi connectivity index (χ0) is 19.7. The number of carbonyl (C=O) groups is 1. The van der Waals surface area contributed by atoms with Gasteiger partial charge in [0.2, 0.25) is 0 Å². The predicted octanol–water partition coefficient (Wildman–Crippen LogP) is 3.36. The Labute approximate surface area is 164 Å². The molecule has 0 unspecified atom stereocenters. The van der Waals surface area contributed by atoms with Crippen molar-refractivity contribution >= 4 is 22.4 Å². The van der Waals surface area contributed by atoms with Crippen molar-refractivity contribution in [2.24, 2.45) is 0 Å². The lowest BCUT2D eigenvalue weighted by molar-refractivity contribution is 0.101. The zero-order valence-corrected chi connectivity index (χ0v) is 16.4. The fraction of sp³-hybridized carbons (Fsp3) is 0.304. The molecule has 0 bridgehead atoms. The molecule has 2 aromatic carbocycles. The van der Waals surface area contributed by atoms with Crippen LogP contribution in [0.5, 0.6) is 0 Å². The molecule has 1 N–H and O–H groups in total. The van der Waals surface area contributed by atoms with Crippen LogP contribution in [0.1, 0.15) is 28.5 Å². The minimum atomic E-state index is -0.0274. The van der Waals surface area contributed by atoms with Gasteiger partial charge in [0.05, 0.1) is 0 Å². The highest BCUT2D eigenvalue weighted by Crippen LogP contribution is 2.18. The second-order valence-corrected chi connectivity index (χ2v) is 7.47. The number of nitrogens with zero attached hydrogens (tertiary/aromatic N) is 2. The van der Waals surface area contributed by atoms with E-state index in [4.69, 9.17) is 0 Å². The summed E-state index contributed by atoms with van der Waals surface area (Å²) in [6.07, 6.45) is 0. The lowest BCUT2D eigenvalue weighted by Gasteiger charge is -2.36. The van der Waals surface area contributed by atoms with Crippen molar-refractivity contribution in [3.05, 3.63) is 75.6 Å². The van der Waals surface area contributed by atoms with Gasteiger partial charge in [0.15, 0.2) is 11.2 Å². The Morgan fingerprint density at radius 3 is 2.43 bits per heavy atom. The van der Waals surface area contributed by atoms with Gasteiger partial charge in [0, 0.05) is 66.1 Å². The van der Waals surface area contributed by atoms with Gasteiger partial charge < -0.3 is 9.88 Å². The molecule has 0 spiro atoms. The molecule has 0 atom stereocenters. The number of carbonyl (C=O) groups excluding carboxylic acids is 1. The van der Waals surface area contributed by atoms with E-state index in [1.807, 2.05) is 19.1 Å². The minimum absolute atomic E-state index is 0.0274. The van der Waals surface area contributed by atoms with Crippen LogP contribution in [0.15, 0.2) is 53.3 Å². The van der Waals surface area contributed by atoms with Gasteiger partial charge in [0.1, 0.15) is 0 Å². The maximum absolute atomic E-state index is 13.1. The molecule has 0 saturated carbocycles. The van der Waals surface area contributed by atoms with E-state index >= 15 is 0 Å². The molecular formula is C23H25N3O2. The van der Waals surface area contributed by atoms with Crippen LogP contribution in [0.25, 0.3) is 10.9 Å². The van der Waals surface area contributed by atoms with E-state index in [-0.39, 0.29) is 11.2 Å². The first-order valence-electron chi connectivity index (χ1n) is 9.72. The number of benzene rings is 2. The summed E-state index contributed by atoms with van der Waals surface area (Å²) in [6, 6.07) is 15.7. The first-order chi connectivity index (χ1) is 13.5. The highest BCUT2D eigenvalue weighted by molar-refractivity contribution is 5.97. The smallest absolute Gasteiger partial charge is 0.194 e. The Morgan fingerprint density at radius 1 is 1.04 bits per heavy atom. The lowest BCUT2D eigenvalue weighted by Crippen LogP contribution is -2.46. The fourth-order valence-corrected chi connectivity index (χ4v) is 3.89. The van der Waals surface area contributed by atoms with Crippen LogP contribution in [0, 0.1) is 6.92 Å². The van der Waals surface area contributed by atoms with Crippen LogP contribution in [-0.4, -0.2) is 41.8 Å². The normalized spacial score (nSPS) is 15.1. The number of piperazine rings is 1. The third-order valence-corrected chi connectivity index (χ3v) is 5.59. The number of aryl methyl sites for hydroxylation is 1. The zero-order valence-electron chi connectivity index (χ0n) is 16.4. The van der Waals surface area contributed by atoms with Gasteiger partial charge in [-0.25, -0.2) is 0 Å². The van der Waals surface area contributed by atoms with Crippen molar-refractivity contribution in [1.82, 2.24) is 9.88 Å². The molecule has 1 saturated heterocycles. The number of fused-ring (bicyclic) bond motifs is 1. The van der Waals surface area contributed by atoms with E-state index in [1.165, 1.54) is 12.6 Å². The van der Waals surface area contributed by atoms with E-state index in [0.717, 1.165) is 43.0 Å². The van der Waals surface area contributed by atoms with Crippen molar-refractivity contribution < 1.29 is 4.79 Å². The van der Waals surface area contributed by atoms with Crippen LogP contribution in [0.3, 0.4) is 0 Å². The molecule has 1 fully saturated rings. The second-order valence-electron chi connectivity index (χ2n) is 7.47. The Kier molecular flexibility index (Phi) is 5.01. The summed E-state index contributed by atoms with van der Waals surface area (Å²) in [4.78, 5) is 32.9. The van der Waals surface area contributed by atoms with Crippen molar-refractivity contribution in [3.8, 4) is 0 Å². The Balaban J connectivity index is 1.55. The summed E-state index contributed by atoms with van der Waals surface area (Å²) >= 11 is 0. The van der Waals surface area contributed by atoms with Gasteiger partial charge >= 0.3 is 0 Å². The van der Waals surface area contributed by atoms with Crippen LogP contribution in [0.4, 0.5) is 5.69 Å². The van der Waals surface area contributed by atoms with E-state index < -0.39 is 0 Å². The number of hydrogen-bond acceptors (Lipinski definition) is 4. The third-order valence-electron chi connectivity index (χ3n) is 5.59. The van der Waals surface area contributed by atoms with Gasteiger partial charge in [0.25, 0.3) is 0 Å². The van der Waals surface area contributed by atoms with Gasteiger partial charge in [-0.2, -0.15) is 0 Å². The summed E-state index contributed by atoms with van der Waals surface area (Å²) in [5.41, 5.74) is 4.33. The third kappa shape index (κ3) is 3.58. The first-order valence-corrected chi connectivity index (χ1v) is 9.72. The molecule has 1 aliphatic heterocycles. The topological polar surface area (TPSA) is 56.4 Å². The summed E-state index contributed by atoms with van der Waals surface area (Å²) < 4.78 is 0. The van der Waals surface area contributed by atoms with Crippen molar-refractivity contribution in [1.29, 1.82) is 0 Å². The SMILES string of the molecule is CC(=O)c1ccc2[nH]c(C)c(CN3CCN(c4ccccc4)CC3)c(=O)c2c1. The number of hydrogen-bond donors (Lipinski definition) is 1. The summed E-state index contributed by atoms with van der Waals surface area (Å²) in [5, 5.41) is 0.594. The predicted molar refractivity (Wildman–Crippen MR) is 113 cm³/mol. The maximum atomic E-state index is 13.1. The largest absolute Gasteiger partial charge is 0.369 e. The monoisotopic (exact) mass is 375 g/mol. The average molecular weight is 375 g/mol. The number of ketones is 1. The molecule has 144 valence electrons. The van der Waals surface area contributed by atoms with Crippen LogP contribution in [-0.2, 0) is 6.54 Å². The Morgan fingerprint density at radius 2 is 1.75 bits per heavy atom. The molecule has 5 nitrogen and oxygen atoms in total. The molecule has 1 aliphatic rings. The van der Waals surface area contributed by atoms with Crippen LogP contribution < -0.4 is 10.3 Å².